The number of nitrogens with one attached hydrogen (secondary N) is 1. The van der Waals surface area contributed by atoms with Gasteiger partial charge in [0.2, 0.25) is 5.67 Å². The SMILES string of the molecule is O=C(NCC1(c2ccc(Cl)cc2Cl)CCOCC1)[C@]1(F)CC[C@@](O)(CO)c2ncccc21. The molecule has 6 nitrogen and oxygen atoms in total. The van der Waals surface area contributed by atoms with Crippen LogP contribution in [0.4, 0.5) is 4.39 Å². The average molecular weight is 483 g/mol. The molecule has 1 amide bonds. The van der Waals surface area contributed by atoms with Gasteiger partial charge in [0.25, 0.3) is 5.91 Å². The molecule has 0 radical (unpaired) electrons. The molecule has 2 atom stereocenters. The van der Waals surface area contributed by atoms with Crippen LogP contribution < -0.4 is 5.32 Å². The molecule has 1 aromatic carbocycles. The fourth-order valence-electron chi connectivity index (χ4n) is 4.73. The number of hydrogen-bond donors (Lipinski definition) is 3. The Hall–Kier alpha value is -1.77. The summed E-state index contributed by atoms with van der Waals surface area (Å²) in [4.78, 5) is 17.3. The molecule has 0 saturated carbocycles. The van der Waals surface area contributed by atoms with Crippen LogP contribution in [-0.4, -0.2) is 47.5 Å². The predicted octanol–water partition coefficient (Wildman–Crippen LogP) is 3.39. The lowest BCUT2D eigenvalue weighted by Crippen LogP contribution is -2.52. The van der Waals surface area contributed by atoms with Crippen LogP contribution >= 0.6 is 23.2 Å². The number of rotatable bonds is 5. The minimum Gasteiger partial charge on any atom is -0.393 e. The van der Waals surface area contributed by atoms with E-state index in [4.69, 9.17) is 27.9 Å². The lowest BCUT2D eigenvalue weighted by atomic mass is 9.73. The maximum absolute atomic E-state index is 16.1. The van der Waals surface area contributed by atoms with Gasteiger partial charge in [-0.15, -0.1) is 0 Å². The Morgan fingerprint density at radius 2 is 1.91 bits per heavy atom. The number of aromatic nitrogens is 1. The number of pyridine rings is 1. The van der Waals surface area contributed by atoms with Crippen molar-refractivity contribution in [2.75, 3.05) is 26.4 Å². The van der Waals surface area contributed by atoms with Crippen molar-refractivity contribution in [1.29, 1.82) is 0 Å². The first-order valence-electron chi connectivity index (χ1n) is 10.5. The van der Waals surface area contributed by atoms with E-state index in [1.807, 2.05) is 6.07 Å². The largest absolute Gasteiger partial charge is 0.393 e. The third kappa shape index (κ3) is 4.01. The molecule has 1 aromatic heterocycles. The van der Waals surface area contributed by atoms with E-state index in [1.54, 1.807) is 12.1 Å². The minimum absolute atomic E-state index is 0.00655. The number of nitrogens with zero attached hydrogens (tertiary/aromatic N) is 1. The van der Waals surface area contributed by atoms with Crippen LogP contribution in [0.3, 0.4) is 0 Å². The highest BCUT2D eigenvalue weighted by molar-refractivity contribution is 6.35. The molecule has 1 saturated heterocycles. The zero-order valence-corrected chi connectivity index (χ0v) is 18.9. The predicted molar refractivity (Wildman–Crippen MR) is 118 cm³/mol. The molecule has 1 fully saturated rings. The van der Waals surface area contributed by atoms with Gasteiger partial charge in [0.15, 0.2) is 0 Å². The van der Waals surface area contributed by atoms with Crippen molar-refractivity contribution in [2.24, 2.45) is 0 Å². The Morgan fingerprint density at radius 1 is 1.16 bits per heavy atom. The summed E-state index contributed by atoms with van der Waals surface area (Å²) in [6.45, 7) is 0.548. The van der Waals surface area contributed by atoms with Crippen molar-refractivity contribution < 1.29 is 24.1 Å². The quantitative estimate of drug-likeness (QED) is 0.607. The number of halogens is 3. The van der Waals surface area contributed by atoms with Crippen molar-refractivity contribution in [3.8, 4) is 0 Å². The zero-order chi connectivity index (χ0) is 23.0. The molecular weight excluding hydrogens is 458 g/mol. The number of alkyl halides is 1. The number of fused-ring (bicyclic) bond motifs is 1. The van der Waals surface area contributed by atoms with E-state index < -0.39 is 29.2 Å². The maximum atomic E-state index is 16.1. The standard InChI is InChI=1S/C23H25Cl2FN2O4/c24-15-3-4-16(18(25)12-15)21(7-10-32-11-8-21)13-28-20(30)23(26)6-5-22(31,14-29)19-17(23)2-1-9-27-19/h1-4,9,12,29,31H,5-8,10-11,13-14H2,(H,28,30)/t22-,23+/m1/s1. The third-order valence-electron chi connectivity index (χ3n) is 6.72. The van der Waals surface area contributed by atoms with Crippen molar-refractivity contribution in [1.82, 2.24) is 10.3 Å². The highest BCUT2D eigenvalue weighted by Gasteiger charge is 2.52. The van der Waals surface area contributed by atoms with Gasteiger partial charge in [0, 0.05) is 47.0 Å². The number of benzene rings is 1. The second-order valence-corrected chi connectivity index (χ2v) is 9.43. The molecule has 9 heteroatoms. The highest BCUT2D eigenvalue weighted by Crippen LogP contribution is 2.45. The summed E-state index contributed by atoms with van der Waals surface area (Å²) < 4.78 is 21.7. The minimum atomic E-state index is -2.37. The fourth-order valence-corrected chi connectivity index (χ4v) is 5.34. The molecule has 4 rings (SSSR count). The van der Waals surface area contributed by atoms with Gasteiger partial charge in [-0.3, -0.25) is 9.78 Å². The van der Waals surface area contributed by atoms with Crippen LogP contribution in [-0.2, 0) is 26.2 Å². The molecular formula is C23H25Cl2FN2O4. The average Bonchev–Trinajstić information content (AvgIpc) is 2.81. The summed E-state index contributed by atoms with van der Waals surface area (Å²) in [7, 11) is 0. The van der Waals surface area contributed by atoms with Crippen molar-refractivity contribution in [3.05, 3.63) is 63.4 Å². The molecule has 32 heavy (non-hydrogen) atoms. The molecule has 2 aromatic rings. The number of aliphatic hydroxyl groups excluding tert-OH is 1. The molecule has 1 aliphatic carbocycles. The molecule has 2 heterocycles. The van der Waals surface area contributed by atoms with Gasteiger partial charge in [0.1, 0.15) is 5.60 Å². The molecule has 2 aliphatic rings. The number of carbonyl (C=O) groups is 1. The van der Waals surface area contributed by atoms with Crippen molar-refractivity contribution >= 4 is 29.1 Å². The lowest BCUT2D eigenvalue weighted by molar-refractivity contribution is -0.138. The molecule has 1 aliphatic heterocycles. The summed E-state index contributed by atoms with van der Waals surface area (Å²) in [5.74, 6) is -0.803. The Labute approximate surface area is 195 Å². The summed E-state index contributed by atoms with van der Waals surface area (Å²) >= 11 is 12.5. The van der Waals surface area contributed by atoms with Crippen LogP contribution in [0.1, 0.15) is 42.5 Å². The first kappa shape index (κ1) is 23.4. The van der Waals surface area contributed by atoms with Crippen LogP contribution in [0.15, 0.2) is 36.5 Å². The maximum Gasteiger partial charge on any atom is 0.262 e. The van der Waals surface area contributed by atoms with Crippen molar-refractivity contribution in [3.63, 3.8) is 0 Å². The Kier molecular flexibility index (Phi) is 6.49. The molecule has 3 N–H and O–H groups in total. The van der Waals surface area contributed by atoms with Crippen LogP contribution in [0.5, 0.6) is 0 Å². The second kappa shape index (κ2) is 8.88. The molecule has 0 bridgehead atoms. The smallest absolute Gasteiger partial charge is 0.262 e. The van der Waals surface area contributed by atoms with Gasteiger partial charge in [-0.05, 0) is 49.4 Å². The van der Waals surface area contributed by atoms with E-state index in [0.29, 0.717) is 36.1 Å². The van der Waals surface area contributed by atoms with E-state index in [1.165, 1.54) is 18.3 Å². The van der Waals surface area contributed by atoms with Crippen LogP contribution in [0.25, 0.3) is 0 Å². The van der Waals surface area contributed by atoms with E-state index in [2.05, 4.69) is 10.3 Å². The van der Waals surface area contributed by atoms with Gasteiger partial charge in [0.05, 0.1) is 12.3 Å². The summed E-state index contributed by atoms with van der Waals surface area (Å²) in [6.07, 6.45) is 2.22. The van der Waals surface area contributed by atoms with E-state index in [0.717, 1.165) is 5.56 Å². The van der Waals surface area contributed by atoms with Crippen molar-refractivity contribution in [2.45, 2.75) is 42.4 Å². The fraction of sp³-hybridized carbons (Fsp3) is 0.478. The number of carbonyl (C=O) groups excluding carboxylic acids is 1. The molecule has 0 spiro atoms. The first-order valence-corrected chi connectivity index (χ1v) is 11.3. The number of ether oxygens (including phenoxy) is 1. The summed E-state index contributed by atoms with van der Waals surface area (Å²) in [5.41, 5.74) is -3.77. The van der Waals surface area contributed by atoms with E-state index >= 15 is 4.39 Å². The van der Waals surface area contributed by atoms with Crippen LogP contribution in [0, 0.1) is 0 Å². The van der Waals surface area contributed by atoms with Gasteiger partial charge < -0.3 is 20.3 Å². The van der Waals surface area contributed by atoms with Crippen LogP contribution in [0.2, 0.25) is 10.0 Å². The Bertz CT molecular complexity index is 1020. The van der Waals surface area contributed by atoms with E-state index in [-0.39, 0.29) is 30.6 Å². The summed E-state index contributed by atoms with van der Waals surface area (Å²) in [5, 5.41) is 24.1. The monoisotopic (exact) mass is 482 g/mol. The van der Waals surface area contributed by atoms with Gasteiger partial charge >= 0.3 is 0 Å². The Morgan fingerprint density at radius 3 is 2.59 bits per heavy atom. The molecule has 0 unspecified atom stereocenters. The van der Waals surface area contributed by atoms with Gasteiger partial charge in [-0.1, -0.05) is 35.3 Å². The van der Waals surface area contributed by atoms with Gasteiger partial charge in [-0.25, -0.2) is 4.39 Å². The first-order chi connectivity index (χ1) is 15.2. The topological polar surface area (TPSA) is 91.7 Å². The lowest BCUT2D eigenvalue weighted by Gasteiger charge is -2.41. The Balaban J connectivity index is 1.62. The third-order valence-corrected chi connectivity index (χ3v) is 7.27. The number of hydrogen-bond acceptors (Lipinski definition) is 5. The number of aliphatic hydroxyl groups is 2. The number of amides is 1. The normalized spacial score (nSPS) is 26.9. The van der Waals surface area contributed by atoms with E-state index in [9.17, 15) is 15.0 Å². The zero-order valence-electron chi connectivity index (χ0n) is 17.4. The highest BCUT2D eigenvalue weighted by atomic mass is 35.5. The second-order valence-electron chi connectivity index (χ2n) is 8.59. The summed E-state index contributed by atoms with van der Waals surface area (Å²) in [6, 6.07) is 8.19. The molecule has 172 valence electrons. The van der Waals surface area contributed by atoms with Gasteiger partial charge in [-0.2, -0.15) is 0 Å².